The molecule has 0 bridgehead atoms. The smallest absolute Gasteiger partial charge is 0.324 e. The van der Waals surface area contributed by atoms with E-state index >= 15 is 0 Å². The first-order chi connectivity index (χ1) is 10.6. The highest BCUT2D eigenvalue weighted by Crippen LogP contribution is 2.26. The second-order valence-electron chi connectivity index (χ2n) is 5.57. The molecular weight excluding hydrogens is 302 g/mol. The first-order valence-corrected chi connectivity index (χ1v) is 9.01. The van der Waals surface area contributed by atoms with Crippen LogP contribution in [0.1, 0.15) is 25.7 Å². The van der Waals surface area contributed by atoms with Crippen molar-refractivity contribution in [1.82, 2.24) is 20.9 Å². The largest absolute Gasteiger partial charge is 0.355 e. The minimum absolute atomic E-state index is 0.101. The SMILES string of the molecule is CN=C(NCCN1C(=O)CNC1=O)NC1CCCC(SC)C1. The summed E-state index contributed by atoms with van der Waals surface area (Å²) in [5, 5.41) is 9.84. The van der Waals surface area contributed by atoms with E-state index in [2.05, 4.69) is 27.2 Å². The maximum Gasteiger partial charge on any atom is 0.324 e. The first-order valence-electron chi connectivity index (χ1n) is 7.72. The molecule has 3 amide bonds. The lowest BCUT2D eigenvalue weighted by atomic mass is 9.95. The molecule has 22 heavy (non-hydrogen) atoms. The van der Waals surface area contributed by atoms with Crippen molar-refractivity contribution in [2.24, 2.45) is 4.99 Å². The second kappa shape index (κ2) is 8.26. The van der Waals surface area contributed by atoms with Crippen molar-refractivity contribution in [2.45, 2.75) is 37.0 Å². The number of hydrogen-bond donors (Lipinski definition) is 3. The standard InChI is InChI=1S/C14H25N5O2S/c1-15-13(18-10-4-3-5-11(8-10)22-2)16-6-7-19-12(20)9-17-14(19)21/h10-11H,3-9H2,1-2H3,(H,17,21)(H2,15,16,18). The van der Waals surface area contributed by atoms with Crippen LogP contribution in [-0.2, 0) is 4.79 Å². The maximum absolute atomic E-state index is 11.5. The summed E-state index contributed by atoms with van der Waals surface area (Å²) in [5.74, 6) is 0.559. The van der Waals surface area contributed by atoms with Gasteiger partial charge in [0.05, 0.1) is 6.54 Å². The number of nitrogens with one attached hydrogen (secondary N) is 3. The number of guanidine groups is 1. The summed E-state index contributed by atoms with van der Waals surface area (Å²) < 4.78 is 0. The van der Waals surface area contributed by atoms with Gasteiger partial charge in [-0.1, -0.05) is 6.42 Å². The summed E-state index contributed by atoms with van der Waals surface area (Å²) in [4.78, 5) is 28.4. The van der Waals surface area contributed by atoms with E-state index in [0.29, 0.717) is 19.1 Å². The van der Waals surface area contributed by atoms with E-state index in [0.717, 1.165) is 24.1 Å². The number of imide groups is 1. The highest BCUT2D eigenvalue weighted by atomic mass is 32.2. The van der Waals surface area contributed by atoms with Gasteiger partial charge in [-0.05, 0) is 25.5 Å². The maximum atomic E-state index is 11.5. The Morgan fingerprint density at radius 2 is 2.27 bits per heavy atom. The van der Waals surface area contributed by atoms with Gasteiger partial charge in [0.1, 0.15) is 0 Å². The molecule has 7 nitrogen and oxygen atoms in total. The molecule has 2 aliphatic rings. The van der Waals surface area contributed by atoms with Crippen LogP contribution < -0.4 is 16.0 Å². The fourth-order valence-electron chi connectivity index (χ4n) is 2.85. The van der Waals surface area contributed by atoms with E-state index in [4.69, 9.17) is 0 Å². The van der Waals surface area contributed by atoms with Crippen LogP contribution in [0.4, 0.5) is 4.79 Å². The topological polar surface area (TPSA) is 85.8 Å². The van der Waals surface area contributed by atoms with E-state index in [1.165, 1.54) is 17.7 Å². The predicted molar refractivity (Wildman–Crippen MR) is 89.2 cm³/mol. The minimum atomic E-state index is -0.315. The number of aliphatic imine (C=N–C) groups is 1. The number of amides is 3. The molecule has 2 rings (SSSR count). The zero-order chi connectivity index (χ0) is 15.9. The Morgan fingerprint density at radius 3 is 2.91 bits per heavy atom. The van der Waals surface area contributed by atoms with E-state index in [-0.39, 0.29) is 18.5 Å². The van der Waals surface area contributed by atoms with Crippen LogP contribution in [0.2, 0.25) is 0 Å². The van der Waals surface area contributed by atoms with Crippen LogP contribution in [-0.4, -0.2) is 67.0 Å². The monoisotopic (exact) mass is 327 g/mol. The number of nitrogens with zero attached hydrogens (tertiary/aromatic N) is 2. The van der Waals surface area contributed by atoms with Gasteiger partial charge in [-0.2, -0.15) is 11.8 Å². The van der Waals surface area contributed by atoms with Crippen molar-refractivity contribution in [1.29, 1.82) is 0 Å². The molecule has 1 saturated heterocycles. The summed E-state index contributed by atoms with van der Waals surface area (Å²) >= 11 is 1.93. The molecule has 2 fully saturated rings. The van der Waals surface area contributed by atoms with Gasteiger partial charge in [0.15, 0.2) is 5.96 Å². The lowest BCUT2D eigenvalue weighted by molar-refractivity contribution is -0.124. The van der Waals surface area contributed by atoms with Gasteiger partial charge >= 0.3 is 6.03 Å². The number of thioether (sulfide) groups is 1. The fraction of sp³-hybridized carbons (Fsp3) is 0.786. The van der Waals surface area contributed by atoms with Crippen LogP contribution >= 0.6 is 11.8 Å². The molecule has 2 unspecified atom stereocenters. The average Bonchev–Trinajstić information content (AvgIpc) is 2.85. The van der Waals surface area contributed by atoms with Crippen molar-refractivity contribution in [2.75, 3.05) is 32.9 Å². The molecule has 1 saturated carbocycles. The minimum Gasteiger partial charge on any atom is -0.355 e. The highest BCUT2D eigenvalue weighted by Gasteiger charge is 2.28. The number of rotatable bonds is 5. The van der Waals surface area contributed by atoms with E-state index < -0.39 is 0 Å². The van der Waals surface area contributed by atoms with Crippen molar-refractivity contribution in [3.8, 4) is 0 Å². The number of urea groups is 1. The Kier molecular flexibility index (Phi) is 6.35. The van der Waals surface area contributed by atoms with Crippen LogP contribution in [0.15, 0.2) is 4.99 Å². The molecule has 0 radical (unpaired) electrons. The summed E-state index contributed by atoms with van der Waals surface area (Å²) in [5.41, 5.74) is 0. The zero-order valence-electron chi connectivity index (χ0n) is 13.2. The molecular formula is C14H25N5O2S. The molecule has 3 N–H and O–H groups in total. The Hall–Kier alpha value is -1.44. The van der Waals surface area contributed by atoms with E-state index in [1.54, 1.807) is 7.05 Å². The van der Waals surface area contributed by atoms with Gasteiger partial charge in [0.25, 0.3) is 0 Å². The molecule has 124 valence electrons. The normalized spacial score (nSPS) is 26.1. The van der Waals surface area contributed by atoms with Crippen LogP contribution in [0.3, 0.4) is 0 Å². The Bertz CT molecular complexity index is 427. The summed E-state index contributed by atoms with van der Waals surface area (Å²) in [7, 11) is 1.73. The first kappa shape index (κ1) is 16.9. The van der Waals surface area contributed by atoms with E-state index in [9.17, 15) is 9.59 Å². The van der Waals surface area contributed by atoms with E-state index in [1.807, 2.05) is 11.8 Å². The predicted octanol–water partition coefficient (Wildman–Crippen LogP) is 0.377. The summed E-state index contributed by atoms with van der Waals surface area (Å²) in [6.07, 6.45) is 7.00. The summed E-state index contributed by atoms with van der Waals surface area (Å²) in [6, 6.07) is 0.124. The van der Waals surface area contributed by atoms with Crippen molar-refractivity contribution in [3.05, 3.63) is 0 Å². The number of carbonyl (C=O) groups excluding carboxylic acids is 2. The number of carbonyl (C=O) groups is 2. The van der Waals surface area contributed by atoms with Crippen molar-refractivity contribution >= 4 is 29.7 Å². The van der Waals surface area contributed by atoms with Crippen LogP contribution in [0, 0.1) is 0 Å². The molecule has 1 heterocycles. The lowest BCUT2D eigenvalue weighted by Crippen LogP contribution is -2.48. The van der Waals surface area contributed by atoms with Crippen molar-refractivity contribution in [3.63, 3.8) is 0 Å². The fourth-order valence-corrected chi connectivity index (χ4v) is 3.67. The average molecular weight is 327 g/mol. The lowest BCUT2D eigenvalue weighted by Gasteiger charge is -2.30. The molecule has 0 aromatic heterocycles. The summed E-state index contributed by atoms with van der Waals surface area (Å²) in [6.45, 7) is 0.949. The van der Waals surface area contributed by atoms with Gasteiger partial charge in [-0.25, -0.2) is 4.79 Å². The van der Waals surface area contributed by atoms with Gasteiger partial charge < -0.3 is 16.0 Å². The Morgan fingerprint density at radius 1 is 1.45 bits per heavy atom. The third kappa shape index (κ3) is 4.53. The Labute approximate surface area is 135 Å². The van der Waals surface area contributed by atoms with Gasteiger partial charge in [-0.15, -0.1) is 0 Å². The number of hydrogen-bond acceptors (Lipinski definition) is 4. The van der Waals surface area contributed by atoms with Crippen molar-refractivity contribution < 1.29 is 9.59 Å². The second-order valence-corrected chi connectivity index (χ2v) is 6.71. The van der Waals surface area contributed by atoms with Gasteiger partial charge in [-0.3, -0.25) is 14.7 Å². The third-order valence-electron chi connectivity index (χ3n) is 4.09. The Balaban J connectivity index is 1.73. The van der Waals surface area contributed by atoms with Gasteiger partial charge in [0.2, 0.25) is 5.91 Å². The molecule has 1 aliphatic carbocycles. The van der Waals surface area contributed by atoms with Gasteiger partial charge in [0, 0.05) is 31.4 Å². The molecule has 8 heteroatoms. The molecule has 0 spiro atoms. The quantitative estimate of drug-likeness (QED) is 0.386. The molecule has 1 aliphatic heterocycles. The molecule has 0 aromatic rings. The van der Waals surface area contributed by atoms with Crippen LogP contribution in [0.5, 0.6) is 0 Å². The molecule has 0 aromatic carbocycles. The third-order valence-corrected chi connectivity index (χ3v) is 5.18. The highest BCUT2D eigenvalue weighted by molar-refractivity contribution is 7.99. The molecule has 2 atom stereocenters. The zero-order valence-corrected chi connectivity index (χ0v) is 14.0. The van der Waals surface area contributed by atoms with Crippen LogP contribution in [0.25, 0.3) is 0 Å².